The minimum absolute atomic E-state index is 0.192. The molecule has 0 aliphatic heterocycles. The van der Waals surface area contributed by atoms with Crippen molar-refractivity contribution >= 4 is 17.3 Å². The molecule has 0 saturated carbocycles. The van der Waals surface area contributed by atoms with Gasteiger partial charge in [-0.3, -0.25) is 0 Å². The number of H-pyrrole nitrogens is 1. The summed E-state index contributed by atoms with van der Waals surface area (Å²) in [6.45, 7) is 1.81. The van der Waals surface area contributed by atoms with E-state index in [0.29, 0.717) is 11.3 Å². The topological polar surface area (TPSA) is 75.1 Å². The van der Waals surface area contributed by atoms with Crippen molar-refractivity contribution in [1.29, 1.82) is 0 Å². The Morgan fingerprint density at radius 3 is 2.68 bits per heavy atom. The van der Waals surface area contributed by atoms with Crippen LogP contribution in [-0.2, 0) is 0 Å². The number of aromatic amines is 1. The number of fused-ring (bicyclic) bond motifs is 1. The summed E-state index contributed by atoms with van der Waals surface area (Å²) in [4.78, 5) is 16.5. The van der Waals surface area contributed by atoms with Gasteiger partial charge in [-0.1, -0.05) is 36.4 Å². The summed E-state index contributed by atoms with van der Waals surface area (Å²) in [5.74, 6) is -0.227. The second-order valence-corrected chi connectivity index (χ2v) is 5.66. The fourth-order valence-corrected chi connectivity index (χ4v) is 2.61. The maximum atomic E-state index is 14.2. The van der Waals surface area contributed by atoms with Crippen LogP contribution in [0.3, 0.4) is 0 Å². The third-order valence-corrected chi connectivity index (χ3v) is 3.84. The van der Waals surface area contributed by atoms with E-state index in [-0.39, 0.29) is 11.6 Å². The highest BCUT2D eigenvalue weighted by Crippen LogP contribution is 2.23. The molecule has 2 N–H and O–H groups in total. The van der Waals surface area contributed by atoms with E-state index in [9.17, 15) is 9.18 Å². The van der Waals surface area contributed by atoms with Gasteiger partial charge in [-0.2, -0.15) is 5.10 Å². The van der Waals surface area contributed by atoms with Crippen LogP contribution in [0.4, 0.5) is 16.0 Å². The van der Waals surface area contributed by atoms with Crippen LogP contribution < -0.4 is 11.0 Å². The number of aryl methyl sites for hydroxylation is 1. The number of anilines is 2. The fourth-order valence-electron chi connectivity index (χ4n) is 2.61. The summed E-state index contributed by atoms with van der Waals surface area (Å²) >= 11 is 0. The van der Waals surface area contributed by atoms with E-state index in [0.717, 1.165) is 11.1 Å². The Morgan fingerprint density at radius 1 is 1.12 bits per heavy atom. The first-order valence-corrected chi connectivity index (χ1v) is 7.68. The van der Waals surface area contributed by atoms with Gasteiger partial charge in [0.15, 0.2) is 5.65 Å². The lowest BCUT2D eigenvalue weighted by atomic mass is 10.1. The van der Waals surface area contributed by atoms with Crippen LogP contribution in [0.25, 0.3) is 16.9 Å². The van der Waals surface area contributed by atoms with Crippen LogP contribution in [0, 0.1) is 12.7 Å². The molecule has 0 fully saturated rings. The van der Waals surface area contributed by atoms with E-state index >= 15 is 0 Å². The van der Waals surface area contributed by atoms with Crippen molar-refractivity contribution in [3.05, 3.63) is 76.5 Å². The molecule has 124 valence electrons. The average Bonchev–Trinajstić information content (AvgIpc) is 2.99. The summed E-state index contributed by atoms with van der Waals surface area (Å²) in [7, 11) is 0. The third-order valence-electron chi connectivity index (χ3n) is 3.84. The van der Waals surface area contributed by atoms with Crippen molar-refractivity contribution < 1.29 is 4.39 Å². The predicted octanol–water partition coefficient (Wildman–Crippen LogP) is 3.28. The van der Waals surface area contributed by atoms with E-state index < -0.39 is 11.5 Å². The molecular formula is C18H14FN5O. The van der Waals surface area contributed by atoms with Gasteiger partial charge in [0.1, 0.15) is 5.82 Å². The Balaban J connectivity index is 1.89. The number of nitrogens with one attached hydrogen (secondary N) is 2. The van der Waals surface area contributed by atoms with Crippen molar-refractivity contribution in [3.8, 4) is 11.3 Å². The van der Waals surface area contributed by atoms with Crippen molar-refractivity contribution in [1.82, 2.24) is 19.6 Å². The first kappa shape index (κ1) is 15.1. The monoisotopic (exact) mass is 335 g/mol. The summed E-state index contributed by atoms with van der Waals surface area (Å²) in [6, 6.07) is 16.0. The van der Waals surface area contributed by atoms with Crippen LogP contribution in [0.5, 0.6) is 0 Å². The first-order chi connectivity index (χ1) is 12.1. The zero-order valence-electron chi connectivity index (χ0n) is 13.3. The lowest BCUT2D eigenvalue weighted by Crippen LogP contribution is -2.15. The Kier molecular flexibility index (Phi) is 3.53. The smallest absolute Gasteiger partial charge is 0.323 e. The second kappa shape index (κ2) is 5.86. The first-order valence-electron chi connectivity index (χ1n) is 7.68. The van der Waals surface area contributed by atoms with Gasteiger partial charge in [-0.25, -0.2) is 23.7 Å². The van der Waals surface area contributed by atoms with E-state index in [1.165, 1.54) is 10.5 Å². The molecular weight excluding hydrogens is 321 g/mol. The molecule has 0 aliphatic carbocycles. The van der Waals surface area contributed by atoms with Gasteiger partial charge < -0.3 is 5.32 Å². The quantitative estimate of drug-likeness (QED) is 0.602. The highest BCUT2D eigenvalue weighted by Gasteiger charge is 2.13. The molecule has 0 spiro atoms. The lowest BCUT2D eigenvalue weighted by Gasteiger charge is -2.10. The molecule has 6 nitrogen and oxygen atoms in total. The molecule has 2 heterocycles. The summed E-state index contributed by atoms with van der Waals surface area (Å²) in [6.07, 6.45) is 0. The SMILES string of the molecule is Cc1ccc(Nc2nc(-c3ccccc3)cc3n[nH]c(=O)n23)c(F)c1. The van der Waals surface area contributed by atoms with E-state index in [1.54, 1.807) is 25.1 Å². The minimum atomic E-state index is -0.447. The van der Waals surface area contributed by atoms with Crippen LogP contribution in [0.1, 0.15) is 5.56 Å². The van der Waals surface area contributed by atoms with Gasteiger partial charge in [-0.15, -0.1) is 0 Å². The maximum absolute atomic E-state index is 14.2. The predicted molar refractivity (Wildman–Crippen MR) is 93.5 cm³/mol. The van der Waals surface area contributed by atoms with E-state index in [1.807, 2.05) is 30.3 Å². The normalized spacial score (nSPS) is 11.0. The highest BCUT2D eigenvalue weighted by atomic mass is 19.1. The molecule has 2 aromatic carbocycles. The van der Waals surface area contributed by atoms with Gasteiger partial charge in [-0.05, 0) is 24.6 Å². The number of halogens is 1. The number of rotatable bonds is 3. The fraction of sp³-hybridized carbons (Fsp3) is 0.0556. The Morgan fingerprint density at radius 2 is 1.92 bits per heavy atom. The maximum Gasteiger partial charge on any atom is 0.350 e. The lowest BCUT2D eigenvalue weighted by molar-refractivity contribution is 0.630. The Hall–Kier alpha value is -3.48. The number of hydrogen-bond donors (Lipinski definition) is 2. The number of aromatic nitrogens is 4. The zero-order valence-corrected chi connectivity index (χ0v) is 13.3. The molecule has 0 saturated heterocycles. The molecule has 7 heteroatoms. The van der Waals surface area contributed by atoms with E-state index in [2.05, 4.69) is 20.5 Å². The van der Waals surface area contributed by atoms with Crippen molar-refractivity contribution in [2.75, 3.05) is 5.32 Å². The molecule has 0 radical (unpaired) electrons. The number of hydrogen-bond acceptors (Lipinski definition) is 4. The molecule has 0 unspecified atom stereocenters. The molecule has 4 rings (SSSR count). The van der Waals surface area contributed by atoms with Crippen LogP contribution >= 0.6 is 0 Å². The molecule has 0 amide bonds. The molecule has 0 aliphatic rings. The Bertz CT molecular complexity index is 1120. The average molecular weight is 335 g/mol. The van der Waals surface area contributed by atoms with Crippen molar-refractivity contribution in [3.63, 3.8) is 0 Å². The van der Waals surface area contributed by atoms with Gasteiger partial charge in [0.05, 0.1) is 11.4 Å². The largest absolute Gasteiger partial charge is 0.350 e. The van der Waals surface area contributed by atoms with Gasteiger partial charge in [0.25, 0.3) is 0 Å². The van der Waals surface area contributed by atoms with Gasteiger partial charge >= 0.3 is 5.69 Å². The van der Waals surface area contributed by atoms with Crippen LogP contribution in [-0.4, -0.2) is 19.6 Å². The van der Waals surface area contributed by atoms with Gasteiger partial charge in [0, 0.05) is 11.6 Å². The number of nitrogens with zero attached hydrogens (tertiary/aromatic N) is 3. The molecule has 4 aromatic rings. The molecule has 25 heavy (non-hydrogen) atoms. The summed E-state index contributed by atoms with van der Waals surface area (Å²) in [5, 5.41) is 9.28. The Labute approximate surface area is 142 Å². The summed E-state index contributed by atoms with van der Waals surface area (Å²) in [5.41, 5.74) is 2.48. The zero-order chi connectivity index (χ0) is 17.4. The van der Waals surface area contributed by atoms with Crippen LogP contribution in [0.15, 0.2) is 59.4 Å². The standard InChI is InChI=1S/C18H14FN5O/c1-11-7-8-14(13(19)9-11)20-17-21-15(12-5-3-2-4-6-12)10-16-22-23-18(25)24(16)17/h2-10H,1H3,(H,20,21)(H,23,25). The molecule has 0 atom stereocenters. The van der Waals surface area contributed by atoms with Crippen molar-refractivity contribution in [2.45, 2.75) is 6.92 Å². The highest BCUT2D eigenvalue weighted by molar-refractivity contribution is 5.67. The van der Waals surface area contributed by atoms with Gasteiger partial charge in [0.2, 0.25) is 5.95 Å². The van der Waals surface area contributed by atoms with E-state index in [4.69, 9.17) is 0 Å². The van der Waals surface area contributed by atoms with Crippen molar-refractivity contribution in [2.24, 2.45) is 0 Å². The molecule has 2 aromatic heterocycles. The molecule has 0 bridgehead atoms. The second-order valence-electron chi connectivity index (χ2n) is 5.66. The van der Waals surface area contributed by atoms with Crippen LogP contribution in [0.2, 0.25) is 0 Å². The minimum Gasteiger partial charge on any atom is -0.323 e. The number of benzene rings is 2. The summed E-state index contributed by atoms with van der Waals surface area (Å²) < 4.78 is 15.5. The third kappa shape index (κ3) is 2.76.